The Labute approximate surface area is 141 Å². The molecule has 2 heterocycles. The summed E-state index contributed by atoms with van der Waals surface area (Å²) in [5.41, 5.74) is -0.227. The van der Waals surface area contributed by atoms with Crippen LogP contribution in [0, 0.1) is 13.8 Å². The molecule has 25 heavy (non-hydrogen) atoms. The highest BCUT2D eigenvalue weighted by molar-refractivity contribution is 5.62. The van der Waals surface area contributed by atoms with Crippen molar-refractivity contribution < 1.29 is 17.7 Å². The number of benzene rings is 1. The molecule has 9 heteroatoms. The molecule has 1 aromatic carbocycles. The summed E-state index contributed by atoms with van der Waals surface area (Å²) in [6, 6.07) is 8.03. The lowest BCUT2D eigenvalue weighted by Gasteiger charge is -2.10. The van der Waals surface area contributed by atoms with Crippen LogP contribution < -0.4 is 10.6 Å². The van der Waals surface area contributed by atoms with Crippen LogP contribution in [0.1, 0.15) is 17.1 Å². The number of alkyl halides is 3. The summed E-state index contributed by atoms with van der Waals surface area (Å²) in [5, 5.41) is 9.74. The highest BCUT2D eigenvalue weighted by atomic mass is 19.4. The first-order chi connectivity index (χ1) is 11.8. The lowest BCUT2D eigenvalue weighted by molar-refractivity contribution is -0.137. The number of halogens is 3. The number of aromatic nitrogens is 3. The molecule has 3 aromatic rings. The SMILES string of the molecule is Cc1nc(Nc2ccc(C(F)(F)F)cc2)cc(Nc2cc(C)on2)n1. The van der Waals surface area contributed by atoms with Crippen LogP contribution in [0.15, 0.2) is 40.9 Å². The van der Waals surface area contributed by atoms with Crippen molar-refractivity contribution in [1.82, 2.24) is 15.1 Å². The van der Waals surface area contributed by atoms with Crippen molar-refractivity contribution in [1.29, 1.82) is 0 Å². The van der Waals surface area contributed by atoms with E-state index in [0.717, 1.165) is 12.1 Å². The van der Waals surface area contributed by atoms with Crippen molar-refractivity contribution in [3.8, 4) is 0 Å². The highest BCUT2D eigenvalue weighted by Crippen LogP contribution is 2.30. The van der Waals surface area contributed by atoms with E-state index in [1.165, 1.54) is 12.1 Å². The molecule has 0 spiro atoms. The minimum Gasteiger partial charge on any atom is -0.360 e. The smallest absolute Gasteiger partial charge is 0.360 e. The fourth-order valence-corrected chi connectivity index (χ4v) is 2.14. The Kier molecular flexibility index (Phi) is 4.30. The number of nitrogens with zero attached hydrogens (tertiary/aromatic N) is 3. The van der Waals surface area contributed by atoms with Crippen molar-refractivity contribution in [2.75, 3.05) is 10.6 Å². The molecule has 0 amide bonds. The Hall–Kier alpha value is -3.10. The predicted octanol–water partition coefficient (Wildman–Crippen LogP) is 4.59. The van der Waals surface area contributed by atoms with Gasteiger partial charge in [0.2, 0.25) is 0 Å². The van der Waals surface area contributed by atoms with Gasteiger partial charge in [-0.3, -0.25) is 0 Å². The Bertz CT molecular complexity index is 874. The van der Waals surface area contributed by atoms with E-state index in [-0.39, 0.29) is 0 Å². The first-order valence-corrected chi connectivity index (χ1v) is 7.30. The topological polar surface area (TPSA) is 75.9 Å². The maximum atomic E-state index is 12.6. The Morgan fingerprint density at radius 1 is 0.880 bits per heavy atom. The predicted molar refractivity (Wildman–Crippen MR) is 86.0 cm³/mol. The van der Waals surface area contributed by atoms with Crippen LogP contribution in [0.2, 0.25) is 0 Å². The van der Waals surface area contributed by atoms with Crippen LogP contribution in [0.5, 0.6) is 0 Å². The molecule has 0 radical (unpaired) electrons. The molecule has 0 unspecified atom stereocenters. The van der Waals surface area contributed by atoms with Crippen molar-refractivity contribution in [2.24, 2.45) is 0 Å². The molecule has 2 N–H and O–H groups in total. The first kappa shape index (κ1) is 16.7. The number of hydrogen-bond acceptors (Lipinski definition) is 6. The number of aryl methyl sites for hydroxylation is 2. The van der Waals surface area contributed by atoms with E-state index in [1.54, 1.807) is 26.0 Å². The summed E-state index contributed by atoms with van der Waals surface area (Å²) >= 11 is 0. The third-order valence-corrected chi connectivity index (χ3v) is 3.21. The van der Waals surface area contributed by atoms with E-state index < -0.39 is 11.7 Å². The van der Waals surface area contributed by atoms with Gasteiger partial charge in [0.05, 0.1) is 5.56 Å². The van der Waals surface area contributed by atoms with Gasteiger partial charge in [-0.05, 0) is 38.1 Å². The summed E-state index contributed by atoms with van der Waals surface area (Å²) in [6.07, 6.45) is -4.36. The molecule has 0 saturated heterocycles. The summed E-state index contributed by atoms with van der Waals surface area (Å²) in [6.45, 7) is 3.47. The molecule has 130 valence electrons. The molecule has 6 nitrogen and oxygen atoms in total. The summed E-state index contributed by atoms with van der Waals surface area (Å²) < 4.78 is 42.8. The minimum atomic E-state index is -4.36. The fraction of sp³-hybridized carbons (Fsp3) is 0.188. The third kappa shape index (κ3) is 4.25. The van der Waals surface area contributed by atoms with Crippen molar-refractivity contribution in [2.45, 2.75) is 20.0 Å². The van der Waals surface area contributed by atoms with Gasteiger partial charge in [0.15, 0.2) is 5.82 Å². The molecule has 0 saturated carbocycles. The molecule has 0 aliphatic carbocycles. The van der Waals surface area contributed by atoms with Gasteiger partial charge in [-0.15, -0.1) is 0 Å². The van der Waals surface area contributed by atoms with Gasteiger partial charge in [0.25, 0.3) is 0 Å². The largest absolute Gasteiger partial charge is 0.416 e. The second kappa shape index (κ2) is 6.42. The number of anilines is 4. The summed E-state index contributed by atoms with van der Waals surface area (Å²) in [4.78, 5) is 8.45. The first-order valence-electron chi connectivity index (χ1n) is 7.30. The van der Waals surface area contributed by atoms with Crippen LogP contribution in [0.3, 0.4) is 0 Å². The van der Waals surface area contributed by atoms with Crippen LogP contribution in [0.4, 0.5) is 36.3 Å². The third-order valence-electron chi connectivity index (χ3n) is 3.21. The van der Waals surface area contributed by atoms with Gasteiger partial charge in [0.1, 0.15) is 23.2 Å². The van der Waals surface area contributed by atoms with Crippen molar-refractivity contribution in [3.63, 3.8) is 0 Å². The van der Waals surface area contributed by atoms with Gasteiger partial charge in [0, 0.05) is 17.8 Å². The van der Waals surface area contributed by atoms with E-state index in [9.17, 15) is 13.2 Å². The molecule has 2 aromatic heterocycles. The van der Waals surface area contributed by atoms with Gasteiger partial charge in [-0.2, -0.15) is 13.2 Å². The van der Waals surface area contributed by atoms with Gasteiger partial charge < -0.3 is 15.2 Å². The Balaban J connectivity index is 1.78. The number of hydrogen-bond donors (Lipinski definition) is 2. The highest BCUT2D eigenvalue weighted by Gasteiger charge is 2.29. The summed E-state index contributed by atoms with van der Waals surface area (Å²) in [5.74, 6) is 2.55. The lowest BCUT2D eigenvalue weighted by atomic mass is 10.2. The molecule has 0 bridgehead atoms. The molecular formula is C16H14F3N5O. The van der Waals surface area contributed by atoms with E-state index in [1.807, 2.05) is 0 Å². The second-order valence-electron chi connectivity index (χ2n) is 5.33. The summed E-state index contributed by atoms with van der Waals surface area (Å²) in [7, 11) is 0. The standard InChI is InChI=1S/C16H14F3N5O/c1-9-7-15(24-25-9)23-14-8-13(20-10(2)21-14)22-12-5-3-11(4-6-12)16(17,18)19/h3-8H,1-2H3,(H2,20,21,22,23,24). The maximum Gasteiger partial charge on any atom is 0.416 e. The van der Waals surface area contributed by atoms with E-state index in [0.29, 0.717) is 34.7 Å². The normalized spacial score (nSPS) is 11.4. The second-order valence-corrected chi connectivity index (χ2v) is 5.33. The number of nitrogens with one attached hydrogen (secondary N) is 2. The zero-order chi connectivity index (χ0) is 18.0. The molecule has 3 rings (SSSR count). The zero-order valence-electron chi connectivity index (χ0n) is 13.3. The molecular weight excluding hydrogens is 335 g/mol. The minimum absolute atomic E-state index is 0.440. The number of rotatable bonds is 4. The lowest BCUT2D eigenvalue weighted by Crippen LogP contribution is -2.05. The molecule has 0 atom stereocenters. The van der Waals surface area contributed by atoms with Crippen molar-refractivity contribution in [3.05, 3.63) is 53.5 Å². The average Bonchev–Trinajstić information content (AvgIpc) is 2.91. The fourth-order valence-electron chi connectivity index (χ4n) is 2.14. The molecule has 0 aliphatic heterocycles. The van der Waals surface area contributed by atoms with Crippen LogP contribution in [0.25, 0.3) is 0 Å². The van der Waals surface area contributed by atoms with Crippen molar-refractivity contribution >= 4 is 23.1 Å². The molecule has 0 fully saturated rings. The Morgan fingerprint density at radius 3 is 2.08 bits per heavy atom. The van der Waals surface area contributed by atoms with Crippen LogP contribution in [-0.2, 0) is 6.18 Å². The Morgan fingerprint density at radius 2 is 1.52 bits per heavy atom. The van der Waals surface area contributed by atoms with E-state index in [4.69, 9.17) is 4.52 Å². The maximum absolute atomic E-state index is 12.6. The zero-order valence-corrected chi connectivity index (χ0v) is 13.3. The van der Waals surface area contributed by atoms with E-state index in [2.05, 4.69) is 25.8 Å². The quantitative estimate of drug-likeness (QED) is 0.718. The van der Waals surface area contributed by atoms with Gasteiger partial charge in [-0.25, -0.2) is 9.97 Å². The van der Waals surface area contributed by atoms with Gasteiger partial charge >= 0.3 is 6.18 Å². The van der Waals surface area contributed by atoms with Crippen LogP contribution in [-0.4, -0.2) is 15.1 Å². The van der Waals surface area contributed by atoms with Crippen LogP contribution >= 0.6 is 0 Å². The van der Waals surface area contributed by atoms with E-state index >= 15 is 0 Å². The molecule has 0 aliphatic rings. The monoisotopic (exact) mass is 349 g/mol. The van der Waals surface area contributed by atoms with Gasteiger partial charge in [-0.1, -0.05) is 5.16 Å². The average molecular weight is 349 g/mol.